The molecule has 0 bridgehead atoms. The lowest BCUT2D eigenvalue weighted by atomic mass is 10.0. The van der Waals surface area contributed by atoms with Crippen LogP contribution < -0.4 is 11.3 Å². The van der Waals surface area contributed by atoms with Crippen LogP contribution in [-0.2, 0) is 4.74 Å². The molecule has 1 fully saturated rings. The highest BCUT2D eigenvalue weighted by molar-refractivity contribution is 5.94. The molecule has 0 radical (unpaired) electrons. The number of nitrogens with one attached hydrogen (secondary N) is 1. The minimum Gasteiger partial charge on any atom is -0.394 e. The molecule has 1 aliphatic rings. The Morgan fingerprint density at radius 1 is 1.50 bits per heavy atom. The van der Waals surface area contributed by atoms with Crippen molar-refractivity contribution in [2.45, 2.75) is 25.6 Å². The molecular formula is C14H21N3O3. The first-order valence-electron chi connectivity index (χ1n) is 6.60. The molecule has 1 aromatic rings. The number of aliphatic hydroxyl groups is 1. The van der Waals surface area contributed by atoms with Gasteiger partial charge in [-0.15, -0.1) is 0 Å². The molecule has 110 valence electrons. The van der Waals surface area contributed by atoms with Crippen molar-refractivity contribution in [2.24, 2.45) is 5.84 Å². The van der Waals surface area contributed by atoms with Crippen molar-refractivity contribution in [3.05, 3.63) is 29.8 Å². The summed E-state index contributed by atoms with van der Waals surface area (Å²) in [5.74, 6) is 5.23. The summed E-state index contributed by atoms with van der Waals surface area (Å²) >= 11 is 0. The number of morpholine rings is 1. The number of nitrogens with zero attached hydrogens (tertiary/aromatic N) is 1. The molecule has 6 heteroatoms. The van der Waals surface area contributed by atoms with Gasteiger partial charge in [0.05, 0.1) is 18.3 Å². The molecule has 0 spiro atoms. The van der Waals surface area contributed by atoms with Crippen LogP contribution in [0.15, 0.2) is 24.3 Å². The van der Waals surface area contributed by atoms with Gasteiger partial charge in [0.15, 0.2) is 0 Å². The van der Waals surface area contributed by atoms with Crippen LogP contribution in [0.4, 0.5) is 5.69 Å². The predicted octanol–water partition coefficient (Wildman–Crippen LogP) is 0.584. The van der Waals surface area contributed by atoms with Crippen LogP contribution in [0.25, 0.3) is 0 Å². The van der Waals surface area contributed by atoms with E-state index in [4.69, 9.17) is 10.6 Å². The molecule has 20 heavy (non-hydrogen) atoms. The quantitative estimate of drug-likeness (QED) is 0.556. The Labute approximate surface area is 118 Å². The number of hydrogen-bond donors (Lipinski definition) is 3. The van der Waals surface area contributed by atoms with E-state index in [9.17, 15) is 9.90 Å². The first-order chi connectivity index (χ1) is 9.45. The van der Waals surface area contributed by atoms with Gasteiger partial charge in [-0.1, -0.05) is 0 Å². The SMILES string of the molecule is CC1(C)CN(C(=O)c2ccc(NN)cc2)CC(CO)O1. The van der Waals surface area contributed by atoms with Gasteiger partial charge in [0.2, 0.25) is 0 Å². The molecule has 1 aromatic carbocycles. The van der Waals surface area contributed by atoms with Crippen molar-refractivity contribution in [3.8, 4) is 0 Å². The third-order valence-electron chi connectivity index (χ3n) is 3.27. The Balaban J connectivity index is 2.14. The molecule has 1 saturated heterocycles. The van der Waals surface area contributed by atoms with Gasteiger partial charge in [-0.2, -0.15) is 0 Å². The molecule has 6 nitrogen and oxygen atoms in total. The average molecular weight is 279 g/mol. The van der Waals surface area contributed by atoms with Gasteiger partial charge in [0.1, 0.15) is 0 Å². The zero-order valence-electron chi connectivity index (χ0n) is 11.8. The number of rotatable bonds is 3. The fourth-order valence-corrected chi connectivity index (χ4v) is 2.44. The summed E-state index contributed by atoms with van der Waals surface area (Å²) in [5.41, 5.74) is 3.41. The summed E-state index contributed by atoms with van der Waals surface area (Å²) < 4.78 is 5.71. The van der Waals surface area contributed by atoms with Crippen LogP contribution in [-0.4, -0.2) is 47.3 Å². The number of nitrogen functional groups attached to an aromatic ring is 1. The predicted molar refractivity (Wildman–Crippen MR) is 76.2 cm³/mol. The van der Waals surface area contributed by atoms with Gasteiger partial charge >= 0.3 is 0 Å². The molecule has 1 amide bonds. The van der Waals surface area contributed by atoms with Crippen molar-refractivity contribution in [1.29, 1.82) is 0 Å². The van der Waals surface area contributed by atoms with Crippen LogP contribution in [0.5, 0.6) is 0 Å². The molecule has 1 heterocycles. The summed E-state index contributed by atoms with van der Waals surface area (Å²) in [5, 5.41) is 9.28. The lowest BCUT2D eigenvalue weighted by molar-refractivity contribution is -0.139. The zero-order chi connectivity index (χ0) is 14.8. The second-order valence-corrected chi connectivity index (χ2v) is 5.59. The molecule has 0 saturated carbocycles. The zero-order valence-corrected chi connectivity index (χ0v) is 11.8. The highest BCUT2D eigenvalue weighted by atomic mass is 16.5. The number of nitrogens with two attached hydrogens (primary N) is 1. The maximum Gasteiger partial charge on any atom is 0.254 e. The molecule has 4 N–H and O–H groups in total. The summed E-state index contributed by atoms with van der Waals surface area (Å²) in [6.07, 6.45) is -0.340. The number of carbonyl (C=O) groups excluding carboxylic acids is 1. The monoisotopic (exact) mass is 279 g/mol. The highest BCUT2D eigenvalue weighted by Gasteiger charge is 2.35. The summed E-state index contributed by atoms with van der Waals surface area (Å²) in [4.78, 5) is 14.2. The van der Waals surface area contributed by atoms with E-state index in [0.29, 0.717) is 18.7 Å². The summed E-state index contributed by atoms with van der Waals surface area (Å²) in [6.45, 7) is 4.63. The van der Waals surface area contributed by atoms with Crippen molar-refractivity contribution in [2.75, 3.05) is 25.1 Å². The lowest BCUT2D eigenvalue weighted by Crippen LogP contribution is -2.55. The number of anilines is 1. The Kier molecular flexibility index (Phi) is 4.27. The minimum atomic E-state index is -0.458. The first-order valence-corrected chi connectivity index (χ1v) is 6.60. The van der Waals surface area contributed by atoms with E-state index in [2.05, 4.69) is 5.43 Å². The molecule has 0 aliphatic carbocycles. The van der Waals surface area contributed by atoms with Gasteiger partial charge in [-0.25, -0.2) is 0 Å². The molecule has 1 aliphatic heterocycles. The van der Waals surface area contributed by atoms with Crippen LogP contribution in [0, 0.1) is 0 Å². The third kappa shape index (κ3) is 3.27. The number of hydrogen-bond acceptors (Lipinski definition) is 5. The first kappa shape index (κ1) is 14.8. The van der Waals surface area contributed by atoms with Crippen molar-refractivity contribution in [1.82, 2.24) is 4.90 Å². The van der Waals surface area contributed by atoms with Crippen LogP contribution >= 0.6 is 0 Å². The van der Waals surface area contributed by atoms with E-state index < -0.39 is 5.60 Å². The minimum absolute atomic E-state index is 0.0663. The summed E-state index contributed by atoms with van der Waals surface area (Å²) in [6, 6.07) is 6.96. The molecule has 1 unspecified atom stereocenters. The van der Waals surface area contributed by atoms with Crippen molar-refractivity contribution in [3.63, 3.8) is 0 Å². The smallest absolute Gasteiger partial charge is 0.254 e. The fraction of sp³-hybridized carbons (Fsp3) is 0.500. The largest absolute Gasteiger partial charge is 0.394 e. The van der Waals surface area contributed by atoms with Gasteiger partial charge in [0.25, 0.3) is 5.91 Å². The Bertz CT molecular complexity index is 473. The number of aliphatic hydroxyl groups excluding tert-OH is 1. The number of ether oxygens (including phenoxy) is 1. The number of amides is 1. The van der Waals surface area contributed by atoms with Crippen LogP contribution in [0.1, 0.15) is 24.2 Å². The second kappa shape index (κ2) is 5.78. The van der Waals surface area contributed by atoms with E-state index >= 15 is 0 Å². The maximum absolute atomic E-state index is 12.5. The Morgan fingerprint density at radius 3 is 2.70 bits per heavy atom. The van der Waals surface area contributed by atoms with Crippen molar-refractivity contribution < 1.29 is 14.6 Å². The number of hydrazine groups is 1. The highest BCUT2D eigenvalue weighted by Crippen LogP contribution is 2.22. The summed E-state index contributed by atoms with van der Waals surface area (Å²) in [7, 11) is 0. The molecule has 2 rings (SSSR count). The van der Waals surface area contributed by atoms with E-state index in [1.165, 1.54) is 0 Å². The van der Waals surface area contributed by atoms with E-state index in [0.717, 1.165) is 5.69 Å². The van der Waals surface area contributed by atoms with Crippen LogP contribution in [0.2, 0.25) is 0 Å². The Morgan fingerprint density at radius 2 is 2.15 bits per heavy atom. The van der Waals surface area contributed by atoms with Crippen molar-refractivity contribution >= 4 is 11.6 Å². The van der Waals surface area contributed by atoms with Gasteiger partial charge in [0, 0.05) is 24.3 Å². The average Bonchev–Trinajstić information content (AvgIpc) is 2.44. The topological polar surface area (TPSA) is 87.8 Å². The molecule has 0 aromatic heterocycles. The molecule has 1 atom stereocenters. The third-order valence-corrected chi connectivity index (χ3v) is 3.27. The van der Waals surface area contributed by atoms with Gasteiger partial charge in [-0.05, 0) is 38.1 Å². The van der Waals surface area contributed by atoms with E-state index in [-0.39, 0.29) is 18.6 Å². The van der Waals surface area contributed by atoms with E-state index in [1.807, 2.05) is 13.8 Å². The van der Waals surface area contributed by atoms with Gasteiger partial charge < -0.3 is 20.2 Å². The van der Waals surface area contributed by atoms with E-state index in [1.54, 1.807) is 29.2 Å². The van der Waals surface area contributed by atoms with Crippen LogP contribution in [0.3, 0.4) is 0 Å². The number of benzene rings is 1. The maximum atomic E-state index is 12.5. The number of carbonyl (C=O) groups is 1. The lowest BCUT2D eigenvalue weighted by Gasteiger charge is -2.42. The second-order valence-electron chi connectivity index (χ2n) is 5.59. The Hall–Kier alpha value is -1.63. The standard InChI is InChI=1S/C14H21N3O3/c1-14(2)9-17(7-12(8-18)20-14)13(19)10-3-5-11(16-15)6-4-10/h3-6,12,16,18H,7-9,15H2,1-2H3. The fourth-order valence-electron chi connectivity index (χ4n) is 2.44. The molecular weight excluding hydrogens is 258 g/mol. The van der Waals surface area contributed by atoms with Gasteiger partial charge in [-0.3, -0.25) is 10.6 Å². The normalized spacial score (nSPS) is 21.6.